The van der Waals surface area contributed by atoms with E-state index in [-0.39, 0.29) is 0 Å². The monoisotopic (exact) mass is 420 g/mol. The number of aliphatic hydroxyl groups is 2. The number of hydrogen-bond acceptors (Lipinski definition) is 9. The van der Waals surface area contributed by atoms with Crippen LogP contribution < -0.4 is 0 Å². The zero-order chi connectivity index (χ0) is 18.9. The summed E-state index contributed by atoms with van der Waals surface area (Å²) in [5.41, 5.74) is 0. The number of ether oxygens (including phenoxy) is 1. The van der Waals surface area contributed by atoms with Crippen LogP contribution in [0.4, 0.5) is 0 Å². The molecule has 1 saturated heterocycles. The molecule has 8 N–H and O–H groups in total. The highest BCUT2D eigenvalue weighted by atomic mass is 31.2. The van der Waals surface area contributed by atoms with Crippen molar-refractivity contribution < 1.29 is 71.6 Å². The molecule has 1 rings (SSSR count). The lowest BCUT2D eigenvalue weighted by Crippen LogP contribution is -2.59. The Morgan fingerprint density at radius 2 is 1.25 bits per heavy atom. The van der Waals surface area contributed by atoms with Gasteiger partial charge in [0.05, 0.1) is 6.61 Å². The maximum absolute atomic E-state index is 10.9. The van der Waals surface area contributed by atoms with E-state index in [1.807, 2.05) is 0 Å². The predicted octanol–water partition coefficient (Wildman–Crippen LogP) is -2.87. The second-order valence-corrected chi connectivity index (χ2v) is 8.09. The van der Waals surface area contributed by atoms with Crippen LogP contribution in [0.25, 0.3) is 0 Å². The van der Waals surface area contributed by atoms with Crippen molar-refractivity contribution in [1.29, 1.82) is 0 Å². The van der Waals surface area contributed by atoms with Gasteiger partial charge in [-0.25, -0.2) is 13.7 Å². The van der Waals surface area contributed by atoms with Gasteiger partial charge in [-0.3, -0.25) is 13.6 Å². The van der Waals surface area contributed by atoms with Crippen LogP contribution in [0, 0.1) is 0 Å². The van der Waals surface area contributed by atoms with E-state index in [1.165, 1.54) is 0 Å². The second kappa shape index (κ2) is 7.84. The van der Waals surface area contributed by atoms with Crippen molar-refractivity contribution in [2.24, 2.45) is 0 Å². The number of phosphoric ester groups is 3. The molecule has 0 aliphatic carbocycles. The molecule has 0 spiro atoms. The minimum Gasteiger partial charge on any atom is -0.387 e. The summed E-state index contributed by atoms with van der Waals surface area (Å²) >= 11 is 0. The van der Waals surface area contributed by atoms with Gasteiger partial charge in [0, 0.05) is 0 Å². The number of hydrogen-bond donors (Lipinski definition) is 8. The van der Waals surface area contributed by atoms with Crippen LogP contribution in [0.3, 0.4) is 0 Å². The van der Waals surface area contributed by atoms with Crippen LogP contribution in [0.5, 0.6) is 0 Å². The Kier molecular flexibility index (Phi) is 7.27. The van der Waals surface area contributed by atoms with Gasteiger partial charge in [0.2, 0.25) is 0 Å². The molecule has 1 fully saturated rings. The molecule has 144 valence electrons. The first-order valence-corrected chi connectivity index (χ1v) is 10.4. The van der Waals surface area contributed by atoms with Gasteiger partial charge >= 0.3 is 23.5 Å². The third-order valence-electron chi connectivity index (χ3n) is 2.56. The quantitative estimate of drug-likeness (QED) is 0.193. The van der Waals surface area contributed by atoms with E-state index < -0.39 is 60.8 Å². The van der Waals surface area contributed by atoms with Gasteiger partial charge in [0.15, 0.2) is 6.29 Å². The molecule has 0 aromatic carbocycles. The van der Waals surface area contributed by atoms with Crippen molar-refractivity contribution in [3.8, 4) is 0 Å². The molecule has 0 unspecified atom stereocenters. The molecule has 1 heterocycles. The highest BCUT2D eigenvalue weighted by Gasteiger charge is 2.50. The standard InChI is InChI=1S/C6H15O15P3/c7-3-4(20-23(12,13)14)2(1-18-22(9,10)11)19-6(8)5(3)21-24(15,16)17/h2-8H,1H2,(H2,9,10,11)(H2,12,13,14)(H2,15,16,17)/t2-,3+,4-,5-,6+/m1/s1. The van der Waals surface area contributed by atoms with Gasteiger partial charge in [0.1, 0.15) is 24.4 Å². The Balaban J connectivity index is 3.02. The van der Waals surface area contributed by atoms with Gasteiger partial charge in [-0.15, -0.1) is 0 Å². The van der Waals surface area contributed by atoms with Crippen molar-refractivity contribution in [2.45, 2.75) is 30.7 Å². The van der Waals surface area contributed by atoms with E-state index in [1.54, 1.807) is 0 Å². The van der Waals surface area contributed by atoms with Gasteiger partial charge in [-0.1, -0.05) is 0 Å². The molecule has 0 saturated carbocycles. The zero-order valence-electron chi connectivity index (χ0n) is 11.4. The smallest absolute Gasteiger partial charge is 0.387 e. The van der Waals surface area contributed by atoms with E-state index in [9.17, 15) is 23.9 Å². The molecular weight excluding hydrogens is 405 g/mol. The minimum atomic E-state index is -5.29. The van der Waals surface area contributed by atoms with Crippen LogP contribution in [-0.4, -0.2) is 76.9 Å². The zero-order valence-corrected chi connectivity index (χ0v) is 14.1. The van der Waals surface area contributed by atoms with Crippen LogP contribution in [-0.2, 0) is 32.0 Å². The number of phosphoric acid groups is 3. The topological polar surface area (TPSA) is 250 Å². The molecule has 5 atom stereocenters. The van der Waals surface area contributed by atoms with Crippen molar-refractivity contribution in [2.75, 3.05) is 6.61 Å². The molecule has 18 heteroatoms. The third-order valence-corrected chi connectivity index (χ3v) is 4.08. The summed E-state index contributed by atoms with van der Waals surface area (Å²) in [7, 11) is -15.6. The molecule has 0 bridgehead atoms. The molecule has 0 radical (unpaired) electrons. The van der Waals surface area contributed by atoms with Crippen molar-refractivity contribution in [3.05, 3.63) is 0 Å². The second-order valence-electron chi connectivity index (χ2n) is 4.46. The van der Waals surface area contributed by atoms with Gasteiger partial charge in [0.25, 0.3) is 0 Å². The highest BCUT2D eigenvalue weighted by Crippen LogP contribution is 2.46. The fraction of sp³-hybridized carbons (Fsp3) is 1.00. The van der Waals surface area contributed by atoms with E-state index in [4.69, 9.17) is 29.4 Å². The summed E-state index contributed by atoms with van der Waals surface area (Å²) in [5, 5.41) is 19.5. The molecule has 1 aliphatic rings. The summed E-state index contributed by atoms with van der Waals surface area (Å²) in [5.74, 6) is 0. The lowest BCUT2D eigenvalue weighted by atomic mass is 9.99. The van der Waals surface area contributed by atoms with Crippen LogP contribution in [0.2, 0.25) is 0 Å². The Morgan fingerprint density at radius 3 is 1.67 bits per heavy atom. The first-order valence-electron chi connectivity index (χ1n) is 5.78. The molecule has 0 aromatic heterocycles. The lowest BCUT2D eigenvalue weighted by molar-refractivity contribution is -0.279. The Bertz CT molecular complexity index is 558. The summed E-state index contributed by atoms with van der Waals surface area (Å²) in [4.78, 5) is 52.1. The van der Waals surface area contributed by atoms with E-state index in [0.29, 0.717) is 0 Å². The van der Waals surface area contributed by atoms with E-state index >= 15 is 0 Å². The third kappa shape index (κ3) is 7.62. The number of rotatable bonds is 7. The summed E-state index contributed by atoms with van der Waals surface area (Å²) in [6.45, 7) is -1.09. The average Bonchev–Trinajstić information content (AvgIpc) is 2.32. The normalized spacial score (nSPS) is 32.8. The maximum Gasteiger partial charge on any atom is 0.470 e. The molecular formula is C6H15O15P3. The molecule has 0 aromatic rings. The Morgan fingerprint density at radius 1 is 0.792 bits per heavy atom. The summed E-state index contributed by atoms with van der Waals surface area (Å²) in [6, 6.07) is 0. The fourth-order valence-corrected chi connectivity index (χ4v) is 3.24. The number of aliphatic hydroxyl groups excluding tert-OH is 2. The molecule has 24 heavy (non-hydrogen) atoms. The molecule has 15 nitrogen and oxygen atoms in total. The van der Waals surface area contributed by atoms with Crippen molar-refractivity contribution in [3.63, 3.8) is 0 Å². The van der Waals surface area contributed by atoms with Crippen molar-refractivity contribution in [1.82, 2.24) is 0 Å². The highest BCUT2D eigenvalue weighted by molar-refractivity contribution is 7.46. The van der Waals surface area contributed by atoms with E-state index in [0.717, 1.165) is 0 Å². The largest absolute Gasteiger partial charge is 0.470 e. The van der Waals surface area contributed by atoms with Crippen molar-refractivity contribution >= 4 is 23.5 Å². The summed E-state index contributed by atoms with van der Waals surface area (Å²) in [6.07, 6.45) is -10.6. The minimum absolute atomic E-state index is 1.09. The van der Waals surface area contributed by atoms with Gasteiger partial charge in [-0.05, 0) is 0 Å². The summed E-state index contributed by atoms with van der Waals surface area (Å²) < 4.78 is 49.3. The molecule has 1 aliphatic heterocycles. The van der Waals surface area contributed by atoms with E-state index in [2.05, 4.69) is 18.3 Å². The first-order chi connectivity index (χ1) is 10.6. The Hall–Kier alpha value is 0.210. The maximum atomic E-state index is 10.9. The molecule has 0 amide bonds. The van der Waals surface area contributed by atoms with Crippen LogP contribution in [0.15, 0.2) is 0 Å². The van der Waals surface area contributed by atoms with Gasteiger partial charge < -0.3 is 44.3 Å². The average molecular weight is 420 g/mol. The van der Waals surface area contributed by atoms with Crippen LogP contribution in [0.1, 0.15) is 0 Å². The predicted molar refractivity (Wildman–Crippen MR) is 68.7 cm³/mol. The SMILES string of the molecule is O=P(O)(O)OC[C@H]1O[C@H](O)[C@H](OP(=O)(O)O)[C@@H](O)[C@@H]1OP(=O)(O)O. The van der Waals surface area contributed by atoms with Crippen LogP contribution >= 0.6 is 23.5 Å². The lowest BCUT2D eigenvalue weighted by Gasteiger charge is -2.41. The van der Waals surface area contributed by atoms with Gasteiger partial charge in [-0.2, -0.15) is 0 Å². The fourth-order valence-electron chi connectivity index (χ4n) is 1.78. The Labute approximate surface area is 133 Å². The first kappa shape index (κ1) is 22.3.